The van der Waals surface area contributed by atoms with Crippen LogP contribution in [0.5, 0.6) is 0 Å². The van der Waals surface area contributed by atoms with Crippen LogP contribution in [-0.4, -0.2) is 12.4 Å². The first kappa shape index (κ1) is 15.4. The van der Waals surface area contributed by atoms with Crippen molar-refractivity contribution in [3.8, 4) is 0 Å². The summed E-state index contributed by atoms with van der Waals surface area (Å²) in [5.74, 6) is 1.07. The molecule has 1 aliphatic rings. The highest BCUT2D eigenvalue weighted by Gasteiger charge is 2.19. The lowest BCUT2D eigenvalue weighted by atomic mass is 9.98. The van der Waals surface area contributed by atoms with Gasteiger partial charge in [-0.15, -0.1) is 0 Å². The smallest absolute Gasteiger partial charge is 0.0968 e. The first-order chi connectivity index (χ1) is 10.7. The summed E-state index contributed by atoms with van der Waals surface area (Å²) in [5.41, 5.74) is 2.28. The molecular weight excluding hydrogens is 315 g/mol. The molecule has 22 heavy (non-hydrogen) atoms. The van der Waals surface area contributed by atoms with E-state index in [0.29, 0.717) is 10.0 Å². The summed E-state index contributed by atoms with van der Waals surface area (Å²) in [6.07, 6.45) is 2.97. The van der Waals surface area contributed by atoms with Crippen LogP contribution < -0.4 is 5.32 Å². The average Bonchev–Trinajstić information content (AvgIpc) is 3.03. The molecule has 114 valence electrons. The maximum absolute atomic E-state index is 6.43. The van der Waals surface area contributed by atoms with Crippen molar-refractivity contribution < 1.29 is 0 Å². The van der Waals surface area contributed by atoms with E-state index < -0.39 is 0 Å². The average molecular weight is 333 g/mol. The number of rotatable bonds is 4. The molecular formula is C18H18Cl2N2. The molecule has 0 saturated heterocycles. The fraction of sp³-hybridized carbons (Fsp3) is 0.278. The lowest BCUT2D eigenvalue weighted by Gasteiger charge is -2.22. The first-order valence-corrected chi connectivity index (χ1v) is 8.27. The topological polar surface area (TPSA) is 24.4 Å². The minimum Gasteiger partial charge on any atom is -0.367 e. The van der Waals surface area contributed by atoms with Gasteiger partial charge in [0.15, 0.2) is 0 Å². The lowest BCUT2D eigenvalue weighted by Crippen LogP contribution is -2.29. The molecule has 0 radical (unpaired) electrons. The summed E-state index contributed by atoms with van der Waals surface area (Å²) in [7, 11) is 0. The number of amidine groups is 1. The Hall–Kier alpha value is -1.51. The monoisotopic (exact) mass is 332 g/mol. The Bertz CT molecular complexity index is 668. The highest BCUT2D eigenvalue weighted by atomic mass is 35.5. The molecule has 2 aromatic carbocycles. The van der Waals surface area contributed by atoms with E-state index in [1.165, 1.54) is 5.56 Å². The van der Waals surface area contributed by atoms with Crippen molar-refractivity contribution in [3.63, 3.8) is 0 Å². The molecule has 1 heterocycles. The van der Waals surface area contributed by atoms with Gasteiger partial charge in [0.2, 0.25) is 0 Å². The second-order valence-electron chi connectivity index (χ2n) is 5.46. The van der Waals surface area contributed by atoms with E-state index in [1.54, 1.807) is 0 Å². The fourth-order valence-electron chi connectivity index (χ4n) is 2.74. The maximum atomic E-state index is 6.43. The Morgan fingerprint density at radius 1 is 1.05 bits per heavy atom. The number of hydrogen-bond donors (Lipinski definition) is 1. The first-order valence-electron chi connectivity index (χ1n) is 7.52. The van der Waals surface area contributed by atoms with E-state index in [0.717, 1.165) is 37.2 Å². The normalized spacial score (nSPS) is 15.5. The van der Waals surface area contributed by atoms with E-state index in [4.69, 9.17) is 23.2 Å². The summed E-state index contributed by atoms with van der Waals surface area (Å²) in [6.45, 7) is 0.906. The summed E-state index contributed by atoms with van der Waals surface area (Å²) < 4.78 is 0. The Labute approximate surface area is 141 Å². The van der Waals surface area contributed by atoms with Gasteiger partial charge in [0, 0.05) is 13.0 Å². The van der Waals surface area contributed by atoms with Crippen molar-refractivity contribution in [2.24, 2.45) is 4.99 Å². The second kappa shape index (κ2) is 7.17. The van der Waals surface area contributed by atoms with Gasteiger partial charge in [-0.3, -0.25) is 4.99 Å². The standard InChI is InChI=1S/C18H18Cl2N2/c19-15-9-4-8-14(18(15)20)16(22-17-10-5-11-21-17)12-13-6-2-1-3-7-13/h1-4,6-9,16H,5,10-12H2,(H,21,22). The molecule has 0 bridgehead atoms. The molecule has 1 N–H and O–H groups in total. The Morgan fingerprint density at radius 2 is 1.86 bits per heavy atom. The Morgan fingerprint density at radius 3 is 2.59 bits per heavy atom. The van der Waals surface area contributed by atoms with Gasteiger partial charge in [0.05, 0.1) is 21.9 Å². The number of aliphatic imine (C=N–C) groups is 1. The predicted octanol–water partition coefficient (Wildman–Crippen LogP) is 5.06. The van der Waals surface area contributed by atoms with Gasteiger partial charge in [-0.25, -0.2) is 0 Å². The highest BCUT2D eigenvalue weighted by molar-refractivity contribution is 6.42. The zero-order chi connectivity index (χ0) is 15.4. The zero-order valence-corrected chi connectivity index (χ0v) is 13.7. The van der Waals surface area contributed by atoms with Gasteiger partial charge in [0.1, 0.15) is 0 Å². The van der Waals surface area contributed by atoms with Gasteiger partial charge in [-0.05, 0) is 30.0 Å². The number of benzene rings is 2. The van der Waals surface area contributed by atoms with Gasteiger partial charge < -0.3 is 5.32 Å². The van der Waals surface area contributed by atoms with Gasteiger partial charge in [-0.2, -0.15) is 0 Å². The molecule has 1 aliphatic heterocycles. The molecule has 3 rings (SSSR count). The van der Waals surface area contributed by atoms with Crippen LogP contribution in [0.2, 0.25) is 10.0 Å². The second-order valence-corrected chi connectivity index (χ2v) is 6.25. The summed E-state index contributed by atoms with van der Waals surface area (Å²) >= 11 is 12.6. The van der Waals surface area contributed by atoms with Crippen LogP contribution in [0, 0.1) is 0 Å². The van der Waals surface area contributed by atoms with Crippen LogP contribution in [0.4, 0.5) is 0 Å². The fourth-order valence-corrected chi connectivity index (χ4v) is 3.18. The molecule has 0 saturated carbocycles. The van der Waals surface area contributed by atoms with Crippen molar-refractivity contribution in [1.82, 2.24) is 5.32 Å². The third-order valence-electron chi connectivity index (χ3n) is 3.85. The van der Waals surface area contributed by atoms with Crippen molar-refractivity contribution in [1.29, 1.82) is 0 Å². The van der Waals surface area contributed by atoms with E-state index in [-0.39, 0.29) is 6.04 Å². The summed E-state index contributed by atoms with van der Waals surface area (Å²) in [4.78, 5) is 4.52. The van der Waals surface area contributed by atoms with Crippen molar-refractivity contribution >= 4 is 29.0 Å². The van der Waals surface area contributed by atoms with Crippen molar-refractivity contribution in [2.45, 2.75) is 25.3 Å². The van der Waals surface area contributed by atoms with Crippen molar-refractivity contribution in [3.05, 3.63) is 69.7 Å². The van der Waals surface area contributed by atoms with E-state index in [2.05, 4.69) is 34.6 Å². The third-order valence-corrected chi connectivity index (χ3v) is 4.69. The van der Waals surface area contributed by atoms with Crippen LogP contribution in [0.25, 0.3) is 0 Å². The molecule has 0 fully saturated rings. The molecule has 2 nitrogen and oxygen atoms in total. The molecule has 1 atom stereocenters. The Balaban J connectivity index is 1.89. The SMILES string of the molecule is Clc1cccc(C(Cc2ccccc2)NC2=NCCC2)c1Cl. The minimum absolute atomic E-state index is 0.0745. The van der Waals surface area contributed by atoms with E-state index >= 15 is 0 Å². The maximum Gasteiger partial charge on any atom is 0.0968 e. The minimum atomic E-state index is 0.0745. The summed E-state index contributed by atoms with van der Waals surface area (Å²) in [5, 5.41) is 4.77. The number of nitrogens with zero attached hydrogens (tertiary/aromatic N) is 1. The molecule has 0 aliphatic carbocycles. The van der Waals surface area contributed by atoms with Crippen LogP contribution in [0.15, 0.2) is 53.5 Å². The lowest BCUT2D eigenvalue weighted by molar-refractivity contribution is 0.639. The van der Waals surface area contributed by atoms with Gasteiger partial charge >= 0.3 is 0 Å². The molecule has 1 unspecified atom stereocenters. The number of hydrogen-bond acceptors (Lipinski definition) is 2. The zero-order valence-electron chi connectivity index (χ0n) is 12.2. The van der Waals surface area contributed by atoms with Gasteiger partial charge in [-0.1, -0.05) is 65.7 Å². The largest absolute Gasteiger partial charge is 0.367 e. The van der Waals surface area contributed by atoms with Crippen LogP contribution in [0.3, 0.4) is 0 Å². The van der Waals surface area contributed by atoms with Gasteiger partial charge in [0.25, 0.3) is 0 Å². The third kappa shape index (κ3) is 3.63. The van der Waals surface area contributed by atoms with Crippen molar-refractivity contribution in [2.75, 3.05) is 6.54 Å². The highest BCUT2D eigenvalue weighted by Crippen LogP contribution is 2.32. The summed E-state index contributed by atoms with van der Waals surface area (Å²) in [6, 6.07) is 16.3. The number of halogens is 2. The van der Waals surface area contributed by atoms with E-state index in [1.807, 2.05) is 24.3 Å². The quantitative estimate of drug-likeness (QED) is 0.831. The van der Waals surface area contributed by atoms with Crippen LogP contribution in [-0.2, 0) is 6.42 Å². The molecule has 0 amide bonds. The molecule has 0 aromatic heterocycles. The molecule has 4 heteroatoms. The molecule has 2 aromatic rings. The molecule has 0 spiro atoms. The van der Waals surface area contributed by atoms with E-state index in [9.17, 15) is 0 Å². The van der Waals surface area contributed by atoms with Crippen LogP contribution >= 0.6 is 23.2 Å². The van der Waals surface area contributed by atoms with Crippen LogP contribution in [0.1, 0.15) is 30.0 Å². The Kier molecular flexibility index (Phi) is 5.01. The predicted molar refractivity (Wildman–Crippen MR) is 94.0 cm³/mol. The number of nitrogens with one attached hydrogen (secondary N) is 1.